The van der Waals surface area contributed by atoms with Gasteiger partial charge < -0.3 is 30.7 Å². The molecule has 4 N–H and O–H groups in total. The Labute approximate surface area is 196 Å². The molecule has 0 unspecified atom stereocenters. The van der Waals surface area contributed by atoms with E-state index >= 15 is 0 Å². The summed E-state index contributed by atoms with van der Waals surface area (Å²) >= 11 is 0. The molecule has 0 atom stereocenters. The second-order valence-electron chi connectivity index (χ2n) is 8.32. The van der Waals surface area contributed by atoms with Gasteiger partial charge in [0.15, 0.2) is 0 Å². The number of amides is 2. The summed E-state index contributed by atoms with van der Waals surface area (Å²) in [4.78, 5) is 28.3. The van der Waals surface area contributed by atoms with Crippen molar-refractivity contribution in [1.82, 2.24) is 9.80 Å². The van der Waals surface area contributed by atoms with Gasteiger partial charge in [-0.1, -0.05) is 52.4 Å². The van der Waals surface area contributed by atoms with E-state index in [2.05, 4.69) is 13.8 Å². The van der Waals surface area contributed by atoms with E-state index in [9.17, 15) is 9.59 Å². The van der Waals surface area contributed by atoms with Crippen LogP contribution in [-0.4, -0.2) is 74.5 Å². The largest absolute Gasteiger partial charge is 0.449 e. The van der Waals surface area contributed by atoms with E-state index in [4.69, 9.17) is 20.9 Å². The summed E-state index contributed by atoms with van der Waals surface area (Å²) in [5.41, 5.74) is 11.3. The van der Waals surface area contributed by atoms with Gasteiger partial charge in [-0.15, -0.1) is 0 Å². The van der Waals surface area contributed by atoms with Crippen LogP contribution in [0.1, 0.15) is 90.9 Å². The second-order valence-corrected chi connectivity index (χ2v) is 8.32. The van der Waals surface area contributed by atoms with Gasteiger partial charge in [0.25, 0.3) is 0 Å². The normalized spacial score (nSPS) is 10.8. The second kappa shape index (κ2) is 22.6. The molecule has 0 bridgehead atoms. The zero-order valence-corrected chi connectivity index (χ0v) is 20.8. The zero-order valence-electron chi connectivity index (χ0n) is 20.8. The first-order chi connectivity index (χ1) is 15.6. The first-order valence-corrected chi connectivity index (χ1v) is 12.8. The maximum Gasteiger partial charge on any atom is 0.409 e. The van der Waals surface area contributed by atoms with Crippen molar-refractivity contribution >= 4 is 12.2 Å². The highest BCUT2D eigenvalue weighted by molar-refractivity contribution is 5.68. The maximum absolute atomic E-state index is 12.4. The summed E-state index contributed by atoms with van der Waals surface area (Å²) in [7, 11) is 0. The molecule has 8 heteroatoms. The molecule has 0 saturated heterocycles. The number of hydrogen-bond donors (Lipinski definition) is 2. The van der Waals surface area contributed by atoms with E-state index in [1.54, 1.807) is 9.80 Å². The summed E-state index contributed by atoms with van der Waals surface area (Å²) in [5, 5.41) is 0. The summed E-state index contributed by atoms with van der Waals surface area (Å²) < 4.78 is 10.9. The van der Waals surface area contributed by atoms with Crippen LogP contribution in [0.5, 0.6) is 0 Å². The molecule has 8 nitrogen and oxygen atoms in total. The van der Waals surface area contributed by atoms with E-state index in [0.717, 1.165) is 77.0 Å². The van der Waals surface area contributed by atoms with Crippen LogP contribution in [0, 0.1) is 0 Å². The molecule has 0 aliphatic carbocycles. The molecule has 0 rings (SSSR count). The number of rotatable bonds is 21. The van der Waals surface area contributed by atoms with Gasteiger partial charge in [0.2, 0.25) is 0 Å². The molecule has 0 aromatic carbocycles. The number of nitrogens with zero attached hydrogens (tertiary/aromatic N) is 2. The number of ether oxygens (including phenoxy) is 2. The highest BCUT2D eigenvalue weighted by Gasteiger charge is 2.16. The van der Waals surface area contributed by atoms with Crippen molar-refractivity contribution in [2.45, 2.75) is 90.9 Å². The van der Waals surface area contributed by atoms with E-state index in [1.165, 1.54) is 0 Å². The van der Waals surface area contributed by atoms with Gasteiger partial charge in [-0.05, 0) is 51.6 Å². The lowest BCUT2D eigenvalue weighted by Crippen LogP contribution is -2.36. The predicted octanol–water partition coefficient (Wildman–Crippen LogP) is 4.50. The predicted molar refractivity (Wildman–Crippen MR) is 131 cm³/mol. The summed E-state index contributed by atoms with van der Waals surface area (Å²) in [6.45, 7) is 8.73. The minimum absolute atomic E-state index is 0.263. The molecule has 0 aliphatic heterocycles. The van der Waals surface area contributed by atoms with Crippen LogP contribution >= 0.6 is 0 Å². The molecule has 0 aromatic heterocycles. The number of carbonyl (C=O) groups is 2. The first kappa shape index (κ1) is 30.5. The molecular formula is C24H50N4O4. The number of hydrogen-bond acceptors (Lipinski definition) is 6. The molecule has 0 fully saturated rings. The third-order valence-corrected chi connectivity index (χ3v) is 5.33. The molecule has 32 heavy (non-hydrogen) atoms. The zero-order chi connectivity index (χ0) is 23.9. The van der Waals surface area contributed by atoms with E-state index < -0.39 is 0 Å². The quantitative estimate of drug-likeness (QED) is 0.245. The van der Waals surface area contributed by atoms with Gasteiger partial charge in [0.05, 0.1) is 13.2 Å². The number of unbranched alkanes of at least 4 members (excludes halogenated alkanes) is 7. The molecule has 0 saturated carbocycles. The van der Waals surface area contributed by atoms with Crippen LogP contribution in [0.15, 0.2) is 0 Å². The number of nitrogens with two attached hydrogens (primary N) is 2. The molecular weight excluding hydrogens is 408 g/mol. The number of carbonyl (C=O) groups excluding carboxylic acids is 2. The minimum atomic E-state index is -0.263. The molecule has 190 valence electrons. The van der Waals surface area contributed by atoms with Crippen LogP contribution in [0.25, 0.3) is 0 Å². The Morgan fingerprint density at radius 3 is 1.28 bits per heavy atom. The third-order valence-electron chi connectivity index (χ3n) is 5.33. The Morgan fingerprint density at radius 1 is 0.562 bits per heavy atom. The smallest absolute Gasteiger partial charge is 0.409 e. The Morgan fingerprint density at radius 2 is 0.938 bits per heavy atom. The fourth-order valence-corrected chi connectivity index (χ4v) is 3.32. The van der Waals surface area contributed by atoms with Crippen molar-refractivity contribution in [1.29, 1.82) is 0 Å². The van der Waals surface area contributed by atoms with Crippen LogP contribution in [0.2, 0.25) is 0 Å². The van der Waals surface area contributed by atoms with Crippen LogP contribution in [-0.2, 0) is 9.47 Å². The Hall–Kier alpha value is -1.54. The van der Waals surface area contributed by atoms with E-state index in [0.29, 0.717) is 52.5 Å². The Kier molecular flexibility index (Phi) is 21.6. The lowest BCUT2D eigenvalue weighted by Gasteiger charge is -2.24. The fraction of sp³-hybridized carbons (Fsp3) is 0.917. The van der Waals surface area contributed by atoms with Gasteiger partial charge in [-0.2, -0.15) is 0 Å². The van der Waals surface area contributed by atoms with Crippen molar-refractivity contribution in [3.8, 4) is 0 Å². The summed E-state index contributed by atoms with van der Waals surface area (Å²) in [6.07, 6.45) is 11.2. The van der Waals surface area contributed by atoms with Gasteiger partial charge in [0, 0.05) is 26.2 Å². The Balaban J connectivity index is 4.37. The lowest BCUT2D eigenvalue weighted by molar-refractivity contribution is 0.0939. The van der Waals surface area contributed by atoms with Gasteiger partial charge in [-0.25, -0.2) is 9.59 Å². The Bertz CT molecular complexity index is 412. The molecule has 0 heterocycles. The molecule has 0 aliphatic rings. The van der Waals surface area contributed by atoms with Crippen molar-refractivity contribution in [2.75, 3.05) is 52.5 Å². The minimum Gasteiger partial charge on any atom is -0.449 e. The lowest BCUT2D eigenvalue weighted by atomic mass is 10.2. The van der Waals surface area contributed by atoms with Gasteiger partial charge in [-0.3, -0.25) is 0 Å². The van der Waals surface area contributed by atoms with Crippen molar-refractivity contribution in [3.63, 3.8) is 0 Å². The highest BCUT2D eigenvalue weighted by Crippen LogP contribution is 2.07. The standard InChI is InChI=1S/C24H50N4O4/c1-3-5-7-11-21-31-23(29)27(19-13-15-25)17-9-10-18-28(20-14-16-26)24(30)32-22-12-8-6-4-2/h3-22,25-26H2,1-2H3. The molecule has 0 radical (unpaired) electrons. The average Bonchev–Trinajstić information content (AvgIpc) is 2.79. The van der Waals surface area contributed by atoms with Crippen LogP contribution in [0.3, 0.4) is 0 Å². The molecule has 2 amide bonds. The summed E-state index contributed by atoms with van der Waals surface area (Å²) in [6, 6.07) is 0. The van der Waals surface area contributed by atoms with E-state index in [-0.39, 0.29) is 12.2 Å². The third kappa shape index (κ3) is 17.1. The van der Waals surface area contributed by atoms with Crippen LogP contribution in [0.4, 0.5) is 9.59 Å². The average molecular weight is 459 g/mol. The first-order valence-electron chi connectivity index (χ1n) is 12.8. The molecule has 0 aromatic rings. The fourth-order valence-electron chi connectivity index (χ4n) is 3.32. The van der Waals surface area contributed by atoms with Gasteiger partial charge in [0.1, 0.15) is 0 Å². The SMILES string of the molecule is CCCCCCOC(=O)N(CCCN)CCCCN(CCCN)C(=O)OCCCCCC. The van der Waals surface area contributed by atoms with Crippen molar-refractivity contribution in [2.24, 2.45) is 11.5 Å². The topological polar surface area (TPSA) is 111 Å². The van der Waals surface area contributed by atoms with Gasteiger partial charge >= 0.3 is 12.2 Å². The van der Waals surface area contributed by atoms with Crippen molar-refractivity contribution < 1.29 is 19.1 Å². The molecule has 0 spiro atoms. The van der Waals surface area contributed by atoms with Crippen LogP contribution < -0.4 is 11.5 Å². The highest BCUT2D eigenvalue weighted by atomic mass is 16.6. The maximum atomic E-state index is 12.4. The monoisotopic (exact) mass is 458 g/mol. The van der Waals surface area contributed by atoms with Crippen molar-refractivity contribution in [3.05, 3.63) is 0 Å². The van der Waals surface area contributed by atoms with E-state index in [1.807, 2.05) is 0 Å². The summed E-state index contributed by atoms with van der Waals surface area (Å²) in [5.74, 6) is 0.